The fraction of sp³-hybridized carbons (Fsp3) is 0.848. The minimum atomic E-state index is -2.96. The summed E-state index contributed by atoms with van der Waals surface area (Å²) in [4.78, 5) is 37.0. The quantitative estimate of drug-likeness (QED) is 0.0634. The van der Waals surface area contributed by atoms with E-state index in [1.807, 2.05) is 123 Å². The van der Waals surface area contributed by atoms with Crippen LogP contribution in [0.1, 0.15) is 208 Å². The molecule has 0 bridgehead atoms. The summed E-state index contributed by atoms with van der Waals surface area (Å²) < 4.78 is 48.3. The molecule has 0 unspecified atom stereocenters. The number of aliphatic carboxylic acids is 1. The Hall–Kier alpha value is -0.999. The Kier molecular flexibility index (Phi) is 464. The van der Waals surface area contributed by atoms with Crippen LogP contribution in [0.5, 0.6) is 0 Å². The van der Waals surface area contributed by atoms with Crippen LogP contribution in [0, 0.1) is 0 Å². The van der Waals surface area contributed by atoms with Crippen LogP contribution in [-0.2, 0) is 38.1 Å². The molecule has 13 nitrogen and oxygen atoms in total. The third kappa shape index (κ3) is 2890. The zero-order valence-corrected chi connectivity index (χ0v) is 52.0. The predicted molar refractivity (Wildman–Crippen MR) is 284 cm³/mol. The van der Waals surface area contributed by atoms with Gasteiger partial charge in [-0.2, -0.15) is 8.78 Å². The van der Waals surface area contributed by atoms with Gasteiger partial charge in [-0.25, -0.2) is 0 Å². The molecule has 0 saturated heterocycles. The van der Waals surface area contributed by atoms with Gasteiger partial charge in [0.05, 0.1) is 28.5 Å². The van der Waals surface area contributed by atoms with Crippen LogP contribution in [0.4, 0.5) is 13.2 Å². The van der Waals surface area contributed by atoms with Gasteiger partial charge in [0.25, 0.3) is 5.97 Å². The zero-order chi connectivity index (χ0) is 56.5. The average molecular weight is 1020 g/mol. The monoisotopic (exact) mass is 1020 g/mol. The number of methoxy groups -OCH3 is 4. The van der Waals surface area contributed by atoms with Crippen LogP contribution in [0.2, 0.25) is 6.82 Å². The van der Waals surface area contributed by atoms with Crippen LogP contribution < -0.4 is 56.5 Å². The van der Waals surface area contributed by atoms with E-state index in [1.165, 1.54) is 48.2 Å². The van der Waals surface area contributed by atoms with E-state index >= 15 is 0 Å². The first-order chi connectivity index (χ1) is 28.6. The number of rotatable bonds is 1. The number of thiocarbonyl (C=S) groups is 1. The molecule has 0 heterocycles. The smallest absolute Gasteiger partial charge is 0.850 e. The number of halogens is 3. The van der Waals surface area contributed by atoms with Crippen molar-refractivity contribution in [1.82, 2.24) is 0 Å². The number of alkyl halides is 3. The van der Waals surface area contributed by atoms with Crippen molar-refractivity contribution in [2.24, 2.45) is 0 Å². The number of hydrogen-bond donors (Lipinski definition) is 4. The number of carboxylic acids is 1. The molecule has 0 rings (SSSR count). The van der Waals surface area contributed by atoms with Gasteiger partial charge in [-0.05, 0) is 39.8 Å². The molecule has 0 amide bonds. The number of allylic oxidation sites excluding steroid dienone is 2. The van der Waals surface area contributed by atoms with Gasteiger partial charge < -0.3 is 49.1 Å². The van der Waals surface area contributed by atoms with Crippen molar-refractivity contribution < 1.29 is 128 Å². The minimum absolute atomic E-state index is 0. The Bertz CT molecular complexity index is 584. The number of carbonyl (C=O) groups excluding carboxylic acids is 3. The maximum atomic E-state index is 11.2. The Morgan fingerprint density at radius 1 is 0.631 bits per heavy atom. The molecular formula is C46H119BF3KO13S. The van der Waals surface area contributed by atoms with Gasteiger partial charge in [-0.15, -0.1) is 5.60 Å². The molecule has 0 spiro atoms. The van der Waals surface area contributed by atoms with Crippen molar-refractivity contribution in [2.75, 3.05) is 42.7 Å². The number of hydrogen-bond acceptors (Lipinski definition) is 13. The first-order valence-corrected chi connectivity index (χ1v) is 21.1. The summed E-state index contributed by atoms with van der Waals surface area (Å²) >= 11 is 4.47. The summed E-state index contributed by atoms with van der Waals surface area (Å²) in [5.74, 6) is -1.32. The molecular weight excluding hydrogens is 899 g/mol. The number of aldehydes is 1. The second kappa shape index (κ2) is 209. The van der Waals surface area contributed by atoms with E-state index in [0.29, 0.717) is 19.2 Å². The minimum Gasteiger partial charge on any atom is -0.850 e. The first-order valence-electron chi connectivity index (χ1n) is 20.7. The molecule has 0 aromatic rings. The average Bonchev–Trinajstić information content (AvgIpc) is 3.24. The van der Waals surface area contributed by atoms with Crippen LogP contribution in [0.15, 0.2) is 12.2 Å². The molecule has 412 valence electrons. The Morgan fingerprint density at radius 3 is 0.692 bits per heavy atom. The fourth-order valence-electron chi connectivity index (χ4n) is 0. The van der Waals surface area contributed by atoms with Gasteiger partial charge in [0, 0.05) is 48.8 Å². The van der Waals surface area contributed by atoms with E-state index < -0.39 is 24.8 Å². The summed E-state index contributed by atoms with van der Waals surface area (Å²) in [7, 11) is 5.55. The number of aliphatic hydroxyl groups is 1. The van der Waals surface area contributed by atoms with Crippen molar-refractivity contribution in [3.63, 3.8) is 0 Å². The van der Waals surface area contributed by atoms with Gasteiger partial charge in [0.2, 0.25) is 0 Å². The molecule has 0 fully saturated rings. The third-order valence-electron chi connectivity index (χ3n) is 1.55. The van der Waals surface area contributed by atoms with Crippen molar-refractivity contribution in [3.8, 4) is 0 Å². The van der Waals surface area contributed by atoms with Crippen LogP contribution >= 0.6 is 12.2 Å². The summed E-state index contributed by atoms with van der Waals surface area (Å²) in [6.45, 7) is 50.1. The van der Waals surface area contributed by atoms with E-state index in [4.69, 9.17) is 29.9 Å². The Balaban J connectivity index is -0.0000000152. The molecule has 0 aromatic heterocycles. The molecule has 0 aromatic carbocycles. The van der Waals surface area contributed by atoms with Crippen molar-refractivity contribution in [2.45, 2.75) is 227 Å². The standard InChI is InChI=1S/C4H9O.C4H8.C3H6F2O.2C3H6O2.C3H6OS.C3H8.C2H4O2.C2H4O.7C2H6.CH5BO2.CH3F.CH4O.2CH4.K/c1-4(2,3)5;1-3-4-2;1-3(4,5)6-2;2*1-3(4)5-2;1-3(5)4-2;1-3-2;1-2(3)4;1-2-3;7*1-2;1-2(3)4;2*1-2;;;/h1-3H3;3-4H,1-2H3;1-2H3;3*1-2H3;3H2,1-2H3;1H3,(H,3,4);2H,1H3;7*1-2H3;3-4H,1H3;1H3;2H,1H3;2*1H4;/q-1;;;;;;;;;;;;;;;;;;;;;+1. The van der Waals surface area contributed by atoms with Crippen LogP contribution in [0.25, 0.3) is 0 Å². The zero-order valence-electron chi connectivity index (χ0n) is 48.0. The normalized spacial score (nSPS) is 6.29. The van der Waals surface area contributed by atoms with Gasteiger partial charge in [-0.1, -0.05) is 165 Å². The number of aliphatic hydroxyl groups excluding tert-OH is 1. The number of ether oxygens (including phenoxy) is 4. The van der Waals surface area contributed by atoms with E-state index in [-0.39, 0.29) is 78.2 Å². The molecule has 4 N–H and O–H groups in total. The molecule has 65 heavy (non-hydrogen) atoms. The van der Waals surface area contributed by atoms with E-state index in [2.05, 4.69) is 45.0 Å². The summed E-state index contributed by atoms with van der Waals surface area (Å²) in [5.41, 5.74) is -0.750. The van der Waals surface area contributed by atoms with Crippen molar-refractivity contribution in [3.05, 3.63) is 12.2 Å². The van der Waals surface area contributed by atoms with Crippen molar-refractivity contribution in [1.29, 1.82) is 0 Å². The third-order valence-corrected chi connectivity index (χ3v) is 1.72. The van der Waals surface area contributed by atoms with Gasteiger partial charge in [0.1, 0.15) is 6.29 Å². The number of carbonyl (C=O) groups is 4. The molecule has 0 aliphatic heterocycles. The second-order valence-corrected chi connectivity index (χ2v) is 8.55. The topological polar surface area (TPSA) is 209 Å². The molecule has 0 atom stereocenters. The number of carboxylic acid groups (broad SMARTS) is 1. The van der Waals surface area contributed by atoms with E-state index in [1.54, 1.807) is 34.8 Å². The van der Waals surface area contributed by atoms with Gasteiger partial charge in [-0.3, -0.25) is 18.8 Å². The second-order valence-electron chi connectivity index (χ2n) is 7.97. The molecule has 0 saturated carbocycles. The number of esters is 2. The van der Waals surface area contributed by atoms with Gasteiger partial charge in [0.15, 0.2) is 5.05 Å². The predicted octanol–water partition coefficient (Wildman–Crippen LogP) is 10.8. The molecule has 0 radical (unpaired) electrons. The molecule has 0 aliphatic carbocycles. The largest absolute Gasteiger partial charge is 1.00 e. The maximum absolute atomic E-state index is 11.2. The van der Waals surface area contributed by atoms with Crippen LogP contribution in [-0.4, -0.2) is 111 Å². The SMILES string of the molecule is C.C.CB(O)O.CC.CC.CC.CC.CC.CC.CC.CC(=O)O.CC(C)(C)[O-].CC=CC.CC=O.CCC.CF.CO.COC(C)(F)F.COC(C)=O.COC(C)=O.COC(C)=S.[K+]. The van der Waals surface area contributed by atoms with E-state index in [9.17, 15) is 27.9 Å². The maximum Gasteiger partial charge on any atom is 1.00 e. The van der Waals surface area contributed by atoms with Gasteiger partial charge >= 0.3 is 76.6 Å². The molecule has 0 aliphatic rings. The van der Waals surface area contributed by atoms with E-state index in [0.717, 1.165) is 27.4 Å². The first kappa shape index (κ1) is 144. The van der Waals surface area contributed by atoms with Crippen LogP contribution in [0.3, 0.4) is 0 Å². The van der Waals surface area contributed by atoms with Crippen molar-refractivity contribution >= 4 is 48.6 Å². The Morgan fingerprint density at radius 2 is 0.692 bits per heavy atom. The summed E-state index contributed by atoms with van der Waals surface area (Å²) in [6.07, 6.45) is 3.04. The summed E-state index contributed by atoms with van der Waals surface area (Å²) in [6, 6.07) is 0. The molecule has 19 heteroatoms. The fourth-order valence-corrected chi connectivity index (χ4v) is 0. The Labute approximate surface area is 454 Å². The summed E-state index contributed by atoms with van der Waals surface area (Å²) in [5, 5.41) is 40.3.